The van der Waals surface area contributed by atoms with Gasteiger partial charge >= 0.3 is 11.9 Å². The average molecular weight is 494 g/mol. The van der Waals surface area contributed by atoms with Gasteiger partial charge in [-0.15, -0.1) is 11.3 Å². The first-order chi connectivity index (χ1) is 15.9. The van der Waals surface area contributed by atoms with Crippen LogP contribution in [0.4, 0.5) is 13.2 Å². The number of benzene rings is 1. The number of carboxylic acids is 2. The molecule has 0 amide bonds. The predicted molar refractivity (Wildman–Crippen MR) is 117 cm³/mol. The number of aryl methyl sites for hydroxylation is 1. The number of aliphatic carboxylic acids is 2. The molecule has 0 bridgehead atoms. The fraction of sp³-hybridized carbons (Fsp3) is 0.364. The molecule has 2 aliphatic rings. The van der Waals surface area contributed by atoms with Crippen LogP contribution in [0.2, 0.25) is 0 Å². The molecule has 2 aromatic rings. The van der Waals surface area contributed by atoms with Crippen LogP contribution in [0.15, 0.2) is 46.7 Å². The molecule has 1 aromatic carbocycles. The number of carboxylic acid groups (broad SMARTS) is 2. The normalized spacial score (nSPS) is 24.6. The lowest BCUT2D eigenvalue weighted by molar-refractivity contribution is -0.142. The molecule has 1 fully saturated rings. The number of hydrogen-bond donors (Lipinski definition) is 3. The standard InChI is InChI=1S/C22H21F3N4O4S/c1-11-8-26-18(34-11)17-27-14(9-29-10-22(24,25)7-15(29)19(30)31)16(20(32)33)21(2,28-17)12-3-5-13(23)6-4-12/h3-6,8,15H,7,9-10H2,1-2H3,(H,27,28)(H,30,31)(H,32,33)/t15-,21?/m0/s1. The van der Waals surface area contributed by atoms with Gasteiger partial charge in [-0.1, -0.05) is 12.1 Å². The molecule has 0 saturated carbocycles. The fourth-order valence-electron chi connectivity index (χ4n) is 4.31. The maximum atomic E-state index is 14.1. The Bertz CT molecular complexity index is 1210. The highest BCUT2D eigenvalue weighted by Gasteiger charge is 2.50. The molecule has 2 atom stereocenters. The summed E-state index contributed by atoms with van der Waals surface area (Å²) in [5.74, 6) is -6.33. The lowest BCUT2D eigenvalue weighted by atomic mass is 9.82. The Morgan fingerprint density at radius 1 is 1.26 bits per heavy atom. The third-order valence-corrected chi connectivity index (χ3v) is 6.77. The summed E-state index contributed by atoms with van der Waals surface area (Å²) >= 11 is 1.29. The van der Waals surface area contributed by atoms with Gasteiger partial charge in [0.05, 0.1) is 12.1 Å². The van der Waals surface area contributed by atoms with Crippen molar-refractivity contribution in [3.8, 4) is 0 Å². The van der Waals surface area contributed by atoms with E-state index in [0.717, 1.165) is 9.78 Å². The minimum Gasteiger partial charge on any atom is -0.480 e. The number of thiazole rings is 1. The molecule has 0 spiro atoms. The van der Waals surface area contributed by atoms with E-state index in [0.29, 0.717) is 10.6 Å². The Morgan fingerprint density at radius 2 is 1.94 bits per heavy atom. The number of likely N-dealkylation sites (tertiary alicyclic amines) is 1. The van der Waals surface area contributed by atoms with E-state index < -0.39 is 54.8 Å². The molecule has 1 saturated heterocycles. The van der Waals surface area contributed by atoms with Gasteiger partial charge in [-0.05, 0) is 31.5 Å². The van der Waals surface area contributed by atoms with Crippen molar-refractivity contribution in [1.29, 1.82) is 0 Å². The Hall–Kier alpha value is -3.25. The van der Waals surface area contributed by atoms with Gasteiger partial charge in [0, 0.05) is 29.7 Å². The number of alkyl halides is 2. The van der Waals surface area contributed by atoms with E-state index in [-0.39, 0.29) is 17.1 Å². The number of aliphatic imine (C=N–C) groups is 1. The van der Waals surface area contributed by atoms with Gasteiger partial charge in [0.2, 0.25) is 0 Å². The van der Waals surface area contributed by atoms with Crippen molar-refractivity contribution in [3.63, 3.8) is 0 Å². The van der Waals surface area contributed by atoms with Crippen LogP contribution >= 0.6 is 11.3 Å². The number of nitrogens with one attached hydrogen (secondary N) is 1. The van der Waals surface area contributed by atoms with Crippen LogP contribution in [0.25, 0.3) is 0 Å². The number of nitrogens with zero attached hydrogens (tertiary/aromatic N) is 3. The summed E-state index contributed by atoms with van der Waals surface area (Å²) in [6.07, 6.45) is 0.733. The smallest absolute Gasteiger partial charge is 0.336 e. The molecule has 1 aromatic heterocycles. The SMILES string of the molecule is Cc1cnc(C2=NC(C)(c3ccc(F)cc3)C(C(=O)O)=C(CN3CC(F)(F)C[C@H]3C(=O)O)N2)s1. The first kappa shape index (κ1) is 23.9. The monoisotopic (exact) mass is 494 g/mol. The number of hydrogen-bond acceptors (Lipinski definition) is 7. The number of halogens is 3. The maximum Gasteiger partial charge on any atom is 0.336 e. The van der Waals surface area contributed by atoms with Crippen LogP contribution < -0.4 is 5.32 Å². The van der Waals surface area contributed by atoms with Crippen molar-refractivity contribution < 1.29 is 33.0 Å². The van der Waals surface area contributed by atoms with E-state index in [1.54, 1.807) is 6.20 Å². The van der Waals surface area contributed by atoms with Crippen molar-refractivity contribution in [3.05, 3.63) is 63.0 Å². The number of amidine groups is 1. The van der Waals surface area contributed by atoms with E-state index in [1.807, 2.05) is 6.92 Å². The summed E-state index contributed by atoms with van der Waals surface area (Å²) in [4.78, 5) is 34.9. The van der Waals surface area contributed by atoms with Crippen molar-refractivity contribution in [2.24, 2.45) is 4.99 Å². The third kappa shape index (κ3) is 4.42. The predicted octanol–water partition coefficient (Wildman–Crippen LogP) is 2.99. The van der Waals surface area contributed by atoms with Crippen molar-refractivity contribution >= 4 is 29.1 Å². The van der Waals surface area contributed by atoms with E-state index in [4.69, 9.17) is 0 Å². The Balaban J connectivity index is 1.85. The second-order valence-electron chi connectivity index (χ2n) is 8.42. The quantitative estimate of drug-likeness (QED) is 0.566. The van der Waals surface area contributed by atoms with Crippen molar-refractivity contribution in [2.45, 2.75) is 37.8 Å². The highest BCUT2D eigenvalue weighted by Crippen LogP contribution is 2.40. The molecule has 3 N–H and O–H groups in total. The molecular weight excluding hydrogens is 473 g/mol. The van der Waals surface area contributed by atoms with Crippen LogP contribution in [0.5, 0.6) is 0 Å². The Kier molecular flexibility index (Phi) is 5.98. The van der Waals surface area contributed by atoms with Crippen LogP contribution in [0.1, 0.15) is 28.8 Å². The molecule has 0 radical (unpaired) electrons. The minimum atomic E-state index is -3.23. The first-order valence-corrected chi connectivity index (χ1v) is 11.1. The topological polar surface area (TPSA) is 115 Å². The van der Waals surface area contributed by atoms with Gasteiger partial charge in [-0.2, -0.15) is 0 Å². The van der Waals surface area contributed by atoms with Crippen LogP contribution in [0.3, 0.4) is 0 Å². The second-order valence-corrected chi connectivity index (χ2v) is 9.65. The lowest BCUT2D eigenvalue weighted by Crippen LogP contribution is -2.46. The zero-order valence-corrected chi connectivity index (χ0v) is 19.0. The van der Waals surface area contributed by atoms with Gasteiger partial charge in [0.15, 0.2) is 10.8 Å². The van der Waals surface area contributed by atoms with E-state index >= 15 is 0 Å². The highest BCUT2D eigenvalue weighted by molar-refractivity contribution is 7.13. The van der Waals surface area contributed by atoms with Crippen molar-refractivity contribution in [2.75, 3.05) is 13.1 Å². The van der Waals surface area contributed by atoms with Crippen molar-refractivity contribution in [1.82, 2.24) is 15.2 Å². The van der Waals surface area contributed by atoms with Gasteiger partial charge in [0.1, 0.15) is 17.4 Å². The largest absolute Gasteiger partial charge is 0.480 e. The summed E-state index contributed by atoms with van der Waals surface area (Å²) in [5, 5.41) is 22.9. The number of rotatable bonds is 6. The second kappa shape index (κ2) is 8.51. The van der Waals surface area contributed by atoms with Gasteiger partial charge in [-0.25, -0.2) is 27.9 Å². The minimum absolute atomic E-state index is 0.0149. The summed E-state index contributed by atoms with van der Waals surface area (Å²) in [6, 6.07) is 3.66. The summed E-state index contributed by atoms with van der Waals surface area (Å²) in [5.41, 5.74) is -1.41. The molecular formula is C22H21F3N4O4S. The van der Waals surface area contributed by atoms with Crippen LogP contribution in [-0.2, 0) is 15.1 Å². The lowest BCUT2D eigenvalue weighted by Gasteiger charge is -2.35. The van der Waals surface area contributed by atoms with E-state index in [2.05, 4.69) is 15.3 Å². The van der Waals surface area contributed by atoms with Gasteiger partial charge < -0.3 is 15.5 Å². The number of aromatic nitrogens is 1. The Morgan fingerprint density at radius 3 is 2.50 bits per heavy atom. The molecule has 180 valence electrons. The molecule has 0 aliphatic carbocycles. The molecule has 8 nitrogen and oxygen atoms in total. The van der Waals surface area contributed by atoms with Crippen LogP contribution in [-0.4, -0.2) is 62.9 Å². The first-order valence-electron chi connectivity index (χ1n) is 10.3. The molecule has 12 heteroatoms. The molecule has 4 rings (SSSR count). The zero-order chi connectivity index (χ0) is 24.8. The molecule has 2 aliphatic heterocycles. The molecule has 3 heterocycles. The van der Waals surface area contributed by atoms with Crippen LogP contribution in [0, 0.1) is 12.7 Å². The number of carbonyl (C=O) groups is 2. The molecule has 1 unspecified atom stereocenters. The Labute approximate surface area is 196 Å². The highest BCUT2D eigenvalue weighted by atomic mass is 32.1. The third-order valence-electron chi connectivity index (χ3n) is 5.85. The summed E-state index contributed by atoms with van der Waals surface area (Å²) < 4.78 is 41.8. The summed E-state index contributed by atoms with van der Waals surface area (Å²) in [6.45, 7) is 2.12. The fourth-order valence-corrected chi connectivity index (χ4v) is 5.02. The van der Waals surface area contributed by atoms with E-state index in [9.17, 15) is 33.0 Å². The summed E-state index contributed by atoms with van der Waals surface area (Å²) in [7, 11) is 0. The average Bonchev–Trinajstić information content (AvgIpc) is 3.30. The van der Waals surface area contributed by atoms with Gasteiger partial charge in [0.25, 0.3) is 5.92 Å². The van der Waals surface area contributed by atoms with Gasteiger partial charge in [-0.3, -0.25) is 9.69 Å². The molecule has 34 heavy (non-hydrogen) atoms. The van der Waals surface area contributed by atoms with E-state index in [1.165, 1.54) is 42.5 Å². The zero-order valence-electron chi connectivity index (χ0n) is 18.2. The maximum absolute atomic E-state index is 14.1.